The van der Waals surface area contributed by atoms with Gasteiger partial charge in [-0.2, -0.15) is 0 Å². The van der Waals surface area contributed by atoms with E-state index in [-0.39, 0.29) is 6.42 Å². The van der Waals surface area contributed by atoms with Gasteiger partial charge in [-0.25, -0.2) is 0 Å². The van der Waals surface area contributed by atoms with Crippen LogP contribution in [0, 0.1) is 0 Å². The van der Waals surface area contributed by atoms with Gasteiger partial charge >= 0.3 is 5.97 Å². The van der Waals surface area contributed by atoms with E-state index in [2.05, 4.69) is 4.98 Å². The summed E-state index contributed by atoms with van der Waals surface area (Å²) < 4.78 is 11.0. The van der Waals surface area contributed by atoms with E-state index in [0.717, 1.165) is 39.2 Å². The van der Waals surface area contributed by atoms with Crippen molar-refractivity contribution in [3.63, 3.8) is 0 Å². The van der Waals surface area contributed by atoms with Gasteiger partial charge in [0.2, 0.25) is 0 Å². The van der Waals surface area contributed by atoms with Crippen LogP contribution in [0.25, 0.3) is 22.2 Å². The summed E-state index contributed by atoms with van der Waals surface area (Å²) in [7, 11) is 0. The third-order valence-corrected chi connectivity index (χ3v) is 3.97. The van der Waals surface area contributed by atoms with Crippen LogP contribution in [0.2, 0.25) is 0 Å². The zero-order valence-electron chi connectivity index (χ0n) is 14.3. The molecule has 0 spiro atoms. The van der Waals surface area contributed by atoms with Crippen LogP contribution in [0.3, 0.4) is 0 Å². The maximum Gasteiger partial charge on any atom is 0.307 e. The Morgan fingerprint density at radius 1 is 1.00 bits per heavy atom. The molecular formula is C20H21NO4. The van der Waals surface area contributed by atoms with Crippen molar-refractivity contribution in [1.29, 1.82) is 0 Å². The van der Waals surface area contributed by atoms with E-state index in [1.807, 2.05) is 56.3 Å². The predicted molar refractivity (Wildman–Crippen MR) is 97.4 cm³/mol. The zero-order chi connectivity index (χ0) is 17.8. The number of aromatic amines is 1. The van der Waals surface area contributed by atoms with Crippen molar-refractivity contribution in [2.45, 2.75) is 20.3 Å². The van der Waals surface area contributed by atoms with Crippen LogP contribution in [-0.2, 0) is 11.2 Å². The summed E-state index contributed by atoms with van der Waals surface area (Å²) in [6.45, 7) is 5.03. The molecule has 0 fully saturated rings. The second-order valence-electron chi connectivity index (χ2n) is 5.65. The smallest absolute Gasteiger partial charge is 0.307 e. The molecule has 0 aliphatic rings. The molecule has 0 aliphatic heterocycles. The number of benzene rings is 2. The van der Waals surface area contributed by atoms with E-state index in [0.29, 0.717) is 13.2 Å². The minimum atomic E-state index is -0.866. The van der Waals surface area contributed by atoms with E-state index in [4.69, 9.17) is 9.47 Å². The number of nitrogens with one attached hydrogen (secondary N) is 1. The molecule has 1 heterocycles. The van der Waals surface area contributed by atoms with Gasteiger partial charge in [-0.15, -0.1) is 0 Å². The summed E-state index contributed by atoms with van der Waals surface area (Å²) in [6.07, 6.45) is -0.0574. The number of H-pyrrole nitrogens is 1. The number of hydrogen-bond donors (Lipinski definition) is 2. The van der Waals surface area contributed by atoms with Gasteiger partial charge in [-0.1, -0.05) is 0 Å². The third kappa shape index (κ3) is 3.60. The number of aromatic nitrogens is 1. The molecule has 25 heavy (non-hydrogen) atoms. The van der Waals surface area contributed by atoms with Gasteiger partial charge in [0.05, 0.1) is 25.3 Å². The molecule has 130 valence electrons. The van der Waals surface area contributed by atoms with Gasteiger partial charge in [0, 0.05) is 10.9 Å². The molecule has 5 heteroatoms. The van der Waals surface area contributed by atoms with Gasteiger partial charge in [0.25, 0.3) is 0 Å². The van der Waals surface area contributed by atoms with E-state index < -0.39 is 5.97 Å². The lowest BCUT2D eigenvalue weighted by atomic mass is 10.0. The van der Waals surface area contributed by atoms with Crippen molar-refractivity contribution in [3.8, 4) is 22.8 Å². The standard InChI is InChI=1S/C20H21NO4/c1-3-24-14-7-5-13(6-8-14)20-17(12-19(22)23)16-11-15(25-4-2)9-10-18(16)21-20/h5-11,21H,3-4,12H2,1-2H3,(H,22,23). The highest BCUT2D eigenvalue weighted by Crippen LogP contribution is 2.33. The summed E-state index contributed by atoms with van der Waals surface area (Å²) in [6, 6.07) is 13.3. The third-order valence-electron chi connectivity index (χ3n) is 3.97. The molecule has 0 unspecified atom stereocenters. The lowest BCUT2D eigenvalue weighted by Gasteiger charge is -2.06. The highest BCUT2D eigenvalue weighted by Gasteiger charge is 2.16. The lowest BCUT2D eigenvalue weighted by Crippen LogP contribution is -2.01. The van der Waals surface area contributed by atoms with Crippen LogP contribution in [0.5, 0.6) is 11.5 Å². The fourth-order valence-corrected chi connectivity index (χ4v) is 2.95. The van der Waals surface area contributed by atoms with Crippen LogP contribution in [0.15, 0.2) is 42.5 Å². The highest BCUT2D eigenvalue weighted by molar-refractivity contribution is 5.94. The molecule has 5 nitrogen and oxygen atoms in total. The van der Waals surface area contributed by atoms with Crippen molar-refractivity contribution in [1.82, 2.24) is 4.98 Å². The van der Waals surface area contributed by atoms with Crippen molar-refractivity contribution in [3.05, 3.63) is 48.0 Å². The van der Waals surface area contributed by atoms with Gasteiger partial charge in [-0.05, 0) is 67.4 Å². The van der Waals surface area contributed by atoms with E-state index in [1.165, 1.54) is 0 Å². The minimum absolute atomic E-state index is 0.0574. The van der Waals surface area contributed by atoms with Gasteiger partial charge in [-0.3, -0.25) is 4.79 Å². The Bertz CT molecular complexity index is 881. The average molecular weight is 339 g/mol. The molecule has 1 aromatic heterocycles. The molecule has 3 aromatic rings. The maximum atomic E-state index is 11.4. The Labute approximate surface area is 146 Å². The number of hydrogen-bond acceptors (Lipinski definition) is 3. The lowest BCUT2D eigenvalue weighted by molar-refractivity contribution is -0.136. The number of carbonyl (C=O) groups is 1. The number of carboxylic acid groups (broad SMARTS) is 1. The SMILES string of the molecule is CCOc1ccc(-c2[nH]c3ccc(OCC)cc3c2CC(=O)O)cc1. The normalized spacial score (nSPS) is 10.8. The summed E-state index contributed by atoms with van der Waals surface area (Å²) in [5, 5.41) is 10.2. The first kappa shape index (κ1) is 16.9. The minimum Gasteiger partial charge on any atom is -0.494 e. The Hall–Kier alpha value is -2.95. The Balaban J connectivity index is 2.10. The number of aliphatic carboxylic acids is 1. The molecule has 0 amide bonds. The van der Waals surface area contributed by atoms with Crippen LogP contribution in [-0.4, -0.2) is 29.3 Å². The molecule has 0 radical (unpaired) electrons. The van der Waals surface area contributed by atoms with Gasteiger partial charge < -0.3 is 19.6 Å². The first-order valence-electron chi connectivity index (χ1n) is 8.34. The first-order chi connectivity index (χ1) is 12.1. The van der Waals surface area contributed by atoms with Crippen molar-refractivity contribution in [2.24, 2.45) is 0 Å². The molecule has 0 saturated heterocycles. The molecule has 0 bridgehead atoms. The molecule has 0 atom stereocenters. The summed E-state index contributed by atoms with van der Waals surface area (Å²) in [5.74, 6) is 0.662. The molecule has 2 aromatic carbocycles. The zero-order valence-corrected chi connectivity index (χ0v) is 14.3. The summed E-state index contributed by atoms with van der Waals surface area (Å²) in [5.41, 5.74) is 3.39. The Morgan fingerprint density at radius 3 is 2.28 bits per heavy atom. The fraction of sp³-hybridized carbons (Fsp3) is 0.250. The Morgan fingerprint density at radius 2 is 1.64 bits per heavy atom. The molecule has 0 saturated carbocycles. The summed E-state index contributed by atoms with van der Waals surface area (Å²) in [4.78, 5) is 14.7. The molecule has 3 rings (SSSR count). The monoisotopic (exact) mass is 339 g/mol. The van der Waals surface area contributed by atoms with E-state index in [1.54, 1.807) is 0 Å². The van der Waals surface area contributed by atoms with E-state index in [9.17, 15) is 9.90 Å². The van der Waals surface area contributed by atoms with Crippen LogP contribution >= 0.6 is 0 Å². The fourth-order valence-electron chi connectivity index (χ4n) is 2.95. The predicted octanol–water partition coefficient (Wildman–Crippen LogP) is 4.26. The molecular weight excluding hydrogens is 318 g/mol. The molecule has 2 N–H and O–H groups in total. The van der Waals surface area contributed by atoms with E-state index >= 15 is 0 Å². The molecule has 0 aliphatic carbocycles. The number of rotatable bonds is 7. The van der Waals surface area contributed by atoms with Crippen LogP contribution < -0.4 is 9.47 Å². The van der Waals surface area contributed by atoms with Gasteiger partial charge in [0.15, 0.2) is 0 Å². The summed E-state index contributed by atoms with van der Waals surface area (Å²) >= 11 is 0. The topological polar surface area (TPSA) is 71.5 Å². The first-order valence-corrected chi connectivity index (χ1v) is 8.34. The maximum absolute atomic E-state index is 11.4. The van der Waals surface area contributed by atoms with Gasteiger partial charge in [0.1, 0.15) is 11.5 Å². The second kappa shape index (κ2) is 7.30. The van der Waals surface area contributed by atoms with Crippen molar-refractivity contribution in [2.75, 3.05) is 13.2 Å². The second-order valence-corrected chi connectivity index (χ2v) is 5.65. The average Bonchev–Trinajstić information content (AvgIpc) is 2.94. The van der Waals surface area contributed by atoms with Crippen molar-refractivity contribution < 1.29 is 19.4 Å². The van der Waals surface area contributed by atoms with Crippen LogP contribution in [0.1, 0.15) is 19.4 Å². The largest absolute Gasteiger partial charge is 0.494 e. The highest BCUT2D eigenvalue weighted by atomic mass is 16.5. The van der Waals surface area contributed by atoms with Crippen LogP contribution in [0.4, 0.5) is 0 Å². The number of carboxylic acids is 1. The Kier molecular flexibility index (Phi) is 4.93. The van der Waals surface area contributed by atoms with Crippen molar-refractivity contribution >= 4 is 16.9 Å². The quantitative estimate of drug-likeness (QED) is 0.675. The number of fused-ring (bicyclic) bond motifs is 1. The number of ether oxygens (including phenoxy) is 2.